The van der Waals surface area contributed by atoms with E-state index >= 15 is 0 Å². The van der Waals surface area contributed by atoms with Crippen LogP contribution >= 0.6 is 38.9 Å². The van der Waals surface area contributed by atoms with E-state index in [1.54, 1.807) is 16.4 Å². The average Bonchev–Trinajstić information content (AvgIpc) is 3.08. The second kappa shape index (κ2) is 7.68. The Morgan fingerprint density at radius 3 is 2.44 bits per heavy atom. The summed E-state index contributed by atoms with van der Waals surface area (Å²) in [6.45, 7) is 1.03. The standard InChI is InChI=1S/C20H17BrClNO2S2/c21-17-4-1-14(2-5-17)11-15-7-9-23(10-8-15)27(24,25)20-12-16-3-6-18(22)13-19(16)26-20/h1-6,11-13H,7-10H2. The van der Waals surface area contributed by atoms with Crippen LogP contribution in [0.1, 0.15) is 18.4 Å². The van der Waals surface area contributed by atoms with E-state index in [1.807, 2.05) is 24.3 Å². The van der Waals surface area contributed by atoms with Crippen molar-refractivity contribution in [3.8, 4) is 0 Å². The van der Waals surface area contributed by atoms with E-state index in [0.717, 1.165) is 33.0 Å². The van der Waals surface area contributed by atoms with Crippen molar-refractivity contribution in [3.63, 3.8) is 0 Å². The average molecular weight is 483 g/mol. The second-order valence-electron chi connectivity index (χ2n) is 6.51. The van der Waals surface area contributed by atoms with Crippen LogP contribution in [0.25, 0.3) is 16.2 Å². The van der Waals surface area contributed by atoms with Crippen LogP contribution in [-0.4, -0.2) is 25.8 Å². The lowest BCUT2D eigenvalue weighted by Gasteiger charge is -2.27. The minimum atomic E-state index is -3.46. The molecule has 0 unspecified atom stereocenters. The van der Waals surface area contributed by atoms with Crippen molar-refractivity contribution in [1.29, 1.82) is 0 Å². The summed E-state index contributed by atoms with van der Waals surface area (Å²) >= 11 is 10.7. The molecule has 1 saturated heterocycles. The third-order valence-electron chi connectivity index (χ3n) is 4.66. The molecule has 0 aliphatic carbocycles. The first-order chi connectivity index (χ1) is 12.9. The van der Waals surface area contributed by atoms with Crippen LogP contribution in [0.4, 0.5) is 0 Å². The molecule has 1 fully saturated rings. The van der Waals surface area contributed by atoms with Gasteiger partial charge in [0.2, 0.25) is 0 Å². The van der Waals surface area contributed by atoms with Gasteiger partial charge in [-0.2, -0.15) is 4.31 Å². The highest BCUT2D eigenvalue weighted by Gasteiger charge is 2.28. The van der Waals surface area contributed by atoms with E-state index in [9.17, 15) is 8.42 Å². The third kappa shape index (κ3) is 4.15. The quantitative estimate of drug-likeness (QED) is 0.446. The molecule has 4 rings (SSSR count). The van der Waals surface area contributed by atoms with Crippen molar-refractivity contribution in [2.24, 2.45) is 0 Å². The Bertz CT molecular complexity index is 1110. The number of fused-ring (bicyclic) bond motifs is 1. The number of halogens is 2. The lowest BCUT2D eigenvalue weighted by Crippen LogP contribution is -2.35. The summed E-state index contributed by atoms with van der Waals surface area (Å²) in [7, 11) is -3.46. The predicted octanol–water partition coefficient (Wildman–Crippen LogP) is 6.19. The van der Waals surface area contributed by atoms with E-state index in [4.69, 9.17) is 11.6 Å². The maximum atomic E-state index is 13.0. The molecule has 3 nitrogen and oxygen atoms in total. The van der Waals surface area contributed by atoms with Gasteiger partial charge in [0, 0.05) is 27.3 Å². The normalized spacial score (nSPS) is 16.0. The largest absolute Gasteiger partial charge is 0.252 e. The summed E-state index contributed by atoms with van der Waals surface area (Å²) in [5.74, 6) is 0. The summed E-state index contributed by atoms with van der Waals surface area (Å²) < 4.78 is 30.0. The molecule has 1 aliphatic heterocycles. The summed E-state index contributed by atoms with van der Waals surface area (Å²) in [4.78, 5) is 0. The first-order valence-corrected chi connectivity index (χ1v) is 12.0. The lowest BCUT2D eigenvalue weighted by atomic mass is 10.0. The smallest absolute Gasteiger partial charge is 0.206 e. The Kier molecular flexibility index (Phi) is 5.45. The van der Waals surface area contributed by atoms with E-state index < -0.39 is 10.0 Å². The van der Waals surface area contributed by atoms with Crippen LogP contribution in [0.15, 0.2) is 62.8 Å². The van der Waals surface area contributed by atoms with Crippen LogP contribution in [0.3, 0.4) is 0 Å². The van der Waals surface area contributed by atoms with Gasteiger partial charge in [0.25, 0.3) is 10.0 Å². The van der Waals surface area contributed by atoms with Gasteiger partial charge in [0.15, 0.2) is 0 Å². The summed E-state index contributed by atoms with van der Waals surface area (Å²) in [5.41, 5.74) is 2.43. The van der Waals surface area contributed by atoms with Gasteiger partial charge in [-0.1, -0.05) is 57.4 Å². The van der Waals surface area contributed by atoms with Crippen molar-refractivity contribution in [2.45, 2.75) is 17.1 Å². The lowest BCUT2D eigenvalue weighted by molar-refractivity contribution is 0.389. The van der Waals surface area contributed by atoms with Crippen molar-refractivity contribution in [3.05, 3.63) is 69.2 Å². The van der Waals surface area contributed by atoms with Crippen LogP contribution in [0.5, 0.6) is 0 Å². The number of benzene rings is 2. The van der Waals surface area contributed by atoms with E-state index in [2.05, 4.69) is 34.1 Å². The molecule has 0 N–H and O–H groups in total. The van der Waals surface area contributed by atoms with E-state index in [1.165, 1.54) is 16.9 Å². The van der Waals surface area contributed by atoms with Crippen LogP contribution in [-0.2, 0) is 10.0 Å². The van der Waals surface area contributed by atoms with Crippen molar-refractivity contribution in [1.82, 2.24) is 4.31 Å². The van der Waals surface area contributed by atoms with Gasteiger partial charge in [-0.3, -0.25) is 0 Å². The Labute approximate surface area is 176 Å². The van der Waals surface area contributed by atoms with Crippen LogP contribution < -0.4 is 0 Å². The van der Waals surface area contributed by atoms with E-state index in [-0.39, 0.29) is 0 Å². The molecule has 27 heavy (non-hydrogen) atoms. The Hall–Kier alpha value is -1.18. The van der Waals surface area contributed by atoms with Gasteiger partial charge in [0.05, 0.1) is 0 Å². The van der Waals surface area contributed by atoms with Crippen molar-refractivity contribution < 1.29 is 8.42 Å². The molecule has 7 heteroatoms. The molecule has 0 spiro atoms. The van der Waals surface area contributed by atoms with Gasteiger partial charge < -0.3 is 0 Å². The molecule has 0 atom stereocenters. The third-order valence-corrected chi connectivity index (χ3v) is 8.87. The second-order valence-corrected chi connectivity index (χ2v) is 11.1. The maximum Gasteiger partial charge on any atom is 0.252 e. The monoisotopic (exact) mass is 481 g/mol. The Morgan fingerprint density at radius 2 is 1.74 bits per heavy atom. The molecule has 1 aliphatic rings. The summed E-state index contributed by atoms with van der Waals surface area (Å²) in [5, 5.41) is 1.53. The van der Waals surface area contributed by atoms with E-state index in [0.29, 0.717) is 22.3 Å². The van der Waals surface area contributed by atoms with Crippen LogP contribution in [0, 0.1) is 0 Å². The van der Waals surface area contributed by atoms with Crippen LogP contribution in [0.2, 0.25) is 5.02 Å². The van der Waals surface area contributed by atoms with Gasteiger partial charge >= 0.3 is 0 Å². The molecule has 2 heterocycles. The fraction of sp³-hybridized carbons (Fsp3) is 0.200. The highest BCUT2D eigenvalue weighted by Crippen LogP contribution is 2.34. The summed E-state index contributed by atoms with van der Waals surface area (Å²) in [6.07, 6.45) is 3.68. The number of thiophene rings is 1. The van der Waals surface area contributed by atoms with Crippen molar-refractivity contribution in [2.75, 3.05) is 13.1 Å². The van der Waals surface area contributed by atoms with Crippen molar-refractivity contribution >= 4 is 65.1 Å². The molecular weight excluding hydrogens is 466 g/mol. The number of piperidine rings is 1. The number of hydrogen-bond acceptors (Lipinski definition) is 3. The Morgan fingerprint density at radius 1 is 1.04 bits per heavy atom. The number of nitrogens with zero attached hydrogens (tertiary/aromatic N) is 1. The SMILES string of the molecule is O=S(=O)(c1cc2ccc(Cl)cc2s1)N1CCC(=Cc2ccc(Br)cc2)CC1. The molecule has 0 radical (unpaired) electrons. The molecule has 0 amide bonds. The number of rotatable bonds is 3. The summed E-state index contributed by atoms with van der Waals surface area (Å²) in [6, 6.07) is 15.4. The zero-order chi connectivity index (χ0) is 19.0. The number of sulfonamides is 1. The zero-order valence-corrected chi connectivity index (χ0v) is 18.3. The highest BCUT2D eigenvalue weighted by atomic mass is 79.9. The van der Waals surface area contributed by atoms with Gasteiger partial charge in [-0.05, 0) is 54.1 Å². The minimum absolute atomic E-state index is 0.389. The topological polar surface area (TPSA) is 37.4 Å². The van der Waals surface area contributed by atoms with Gasteiger partial charge in [0.1, 0.15) is 4.21 Å². The van der Waals surface area contributed by atoms with Gasteiger partial charge in [-0.15, -0.1) is 11.3 Å². The van der Waals surface area contributed by atoms with Gasteiger partial charge in [-0.25, -0.2) is 8.42 Å². The predicted molar refractivity (Wildman–Crippen MR) is 117 cm³/mol. The number of hydrogen-bond donors (Lipinski definition) is 0. The zero-order valence-electron chi connectivity index (χ0n) is 14.4. The fourth-order valence-corrected chi connectivity index (χ4v) is 6.72. The molecule has 140 valence electrons. The molecule has 1 aromatic heterocycles. The maximum absolute atomic E-state index is 13.0. The fourth-order valence-electron chi connectivity index (χ4n) is 3.19. The highest BCUT2D eigenvalue weighted by molar-refractivity contribution is 9.10. The molecule has 0 bridgehead atoms. The Balaban J connectivity index is 1.51. The first kappa shape index (κ1) is 19.2. The first-order valence-electron chi connectivity index (χ1n) is 8.56. The molecule has 3 aromatic rings. The minimum Gasteiger partial charge on any atom is -0.206 e. The molecule has 2 aromatic carbocycles. The molecule has 0 saturated carbocycles. The molecular formula is C20H17BrClNO2S2.